The zero-order valence-electron chi connectivity index (χ0n) is 21.8. The monoisotopic (exact) mass is 456 g/mol. The average Bonchev–Trinajstić information content (AvgIpc) is 2.71. The Balaban J connectivity index is 3.50. The van der Waals surface area contributed by atoms with Gasteiger partial charge in [0.15, 0.2) is 0 Å². The van der Waals surface area contributed by atoms with E-state index in [2.05, 4.69) is 19.1 Å². The molecule has 3 nitrogen and oxygen atoms in total. The summed E-state index contributed by atoms with van der Waals surface area (Å²) in [6, 6.07) is 0. The van der Waals surface area contributed by atoms with E-state index in [1.807, 2.05) is 28.1 Å². The minimum atomic E-state index is -2.41. The first kappa shape index (κ1) is 30.8. The molecule has 0 saturated heterocycles. The van der Waals surface area contributed by atoms with Gasteiger partial charge in [-0.3, -0.25) is 4.48 Å². The zero-order chi connectivity index (χ0) is 23.4. The van der Waals surface area contributed by atoms with Gasteiger partial charge in [-0.15, -0.1) is 0 Å². The maximum absolute atomic E-state index is 11.9. The van der Waals surface area contributed by atoms with Crippen molar-refractivity contribution in [1.82, 2.24) is 0 Å². The fourth-order valence-electron chi connectivity index (χ4n) is 4.65. The zero-order valence-corrected chi connectivity index (χ0v) is 22.7. The first-order valence-corrected chi connectivity index (χ1v) is 14.6. The van der Waals surface area contributed by atoms with Crippen LogP contribution in [0.3, 0.4) is 0 Å². The third kappa shape index (κ3) is 14.5. The predicted octanol–water partition coefficient (Wildman–Crippen LogP) is 8.50. The standard InChI is InChI=1S/C27H55NO2P/c1-6-8-9-10-11-12-13-14-15-16-17-18-19-20-21-22-23-24-25-26-27(7-2,31(29)30)28(3,4)5/h9-10H,6-8,11-26H2,1-5H3/q+1/b10-9-. The van der Waals surface area contributed by atoms with Crippen molar-refractivity contribution < 1.29 is 13.9 Å². The lowest BCUT2D eigenvalue weighted by Gasteiger charge is -2.39. The highest BCUT2D eigenvalue weighted by Gasteiger charge is 2.52. The first-order chi connectivity index (χ1) is 14.8. The van der Waals surface area contributed by atoms with Gasteiger partial charge < -0.3 is 4.89 Å². The van der Waals surface area contributed by atoms with E-state index in [0.29, 0.717) is 10.9 Å². The van der Waals surface area contributed by atoms with Crippen LogP contribution in [0.1, 0.15) is 136 Å². The Hall–Kier alpha value is -0.240. The summed E-state index contributed by atoms with van der Waals surface area (Å²) in [6.45, 7) is 4.25. The lowest BCUT2D eigenvalue weighted by molar-refractivity contribution is -0.910. The van der Waals surface area contributed by atoms with E-state index >= 15 is 0 Å². The molecule has 0 aliphatic heterocycles. The van der Waals surface area contributed by atoms with Gasteiger partial charge >= 0.3 is 8.03 Å². The molecule has 0 heterocycles. The molecule has 0 aromatic rings. The van der Waals surface area contributed by atoms with Crippen LogP contribution < -0.4 is 4.89 Å². The maximum Gasteiger partial charge on any atom is 0.376 e. The van der Waals surface area contributed by atoms with E-state index in [1.54, 1.807) is 0 Å². The molecule has 0 aromatic carbocycles. The van der Waals surface area contributed by atoms with Crippen molar-refractivity contribution in [3.8, 4) is 0 Å². The second-order valence-corrected chi connectivity index (χ2v) is 11.7. The van der Waals surface area contributed by atoms with Crippen molar-refractivity contribution in [1.29, 1.82) is 0 Å². The second kappa shape index (κ2) is 19.2. The molecule has 0 spiro atoms. The molecule has 0 fully saturated rings. The van der Waals surface area contributed by atoms with E-state index in [1.165, 1.54) is 103 Å². The lowest BCUT2D eigenvalue weighted by atomic mass is 10.0. The van der Waals surface area contributed by atoms with Crippen LogP contribution in [0.25, 0.3) is 0 Å². The molecule has 184 valence electrons. The predicted molar refractivity (Wildman–Crippen MR) is 137 cm³/mol. The Bertz CT molecular complexity index is 459. The minimum absolute atomic E-state index is 0.512. The van der Waals surface area contributed by atoms with E-state index in [4.69, 9.17) is 0 Å². The molecule has 31 heavy (non-hydrogen) atoms. The molecule has 0 bridgehead atoms. The van der Waals surface area contributed by atoms with Crippen LogP contribution in [0.4, 0.5) is 0 Å². The third-order valence-electron chi connectivity index (χ3n) is 6.97. The molecule has 0 aromatic heterocycles. The van der Waals surface area contributed by atoms with Gasteiger partial charge in [-0.25, -0.2) is 0 Å². The highest BCUT2D eigenvalue weighted by molar-refractivity contribution is 7.38. The van der Waals surface area contributed by atoms with Gasteiger partial charge in [0.25, 0.3) is 5.28 Å². The van der Waals surface area contributed by atoms with Crippen LogP contribution in [0.2, 0.25) is 0 Å². The molecule has 0 aliphatic rings. The van der Waals surface area contributed by atoms with Gasteiger partial charge in [0.05, 0.1) is 21.1 Å². The van der Waals surface area contributed by atoms with E-state index in [-0.39, 0.29) is 0 Å². The molecule has 4 heteroatoms. The number of hydrogen-bond donors (Lipinski definition) is 0. The van der Waals surface area contributed by atoms with Gasteiger partial charge in [-0.1, -0.05) is 114 Å². The smallest absolute Gasteiger partial charge is 0.376 e. The molecule has 0 aliphatic carbocycles. The van der Waals surface area contributed by atoms with Gasteiger partial charge in [-0.2, -0.15) is 0 Å². The van der Waals surface area contributed by atoms with Gasteiger partial charge in [0, 0.05) is 12.8 Å². The Morgan fingerprint density at radius 3 is 1.42 bits per heavy atom. The number of rotatable bonds is 22. The summed E-state index contributed by atoms with van der Waals surface area (Å²) in [7, 11) is 3.63. The Morgan fingerprint density at radius 2 is 1.06 bits per heavy atom. The summed E-state index contributed by atoms with van der Waals surface area (Å²) in [4.78, 5) is 11.9. The molecule has 0 amide bonds. The van der Waals surface area contributed by atoms with E-state index in [9.17, 15) is 9.46 Å². The summed E-state index contributed by atoms with van der Waals surface area (Å²) in [5, 5.41) is -0.596. The molecular weight excluding hydrogens is 401 g/mol. The fourth-order valence-corrected chi connectivity index (χ4v) is 5.73. The Kier molecular flexibility index (Phi) is 19.1. The molecule has 2 atom stereocenters. The Labute approximate surface area is 196 Å². The van der Waals surface area contributed by atoms with Gasteiger partial charge in [0.1, 0.15) is 0 Å². The average molecular weight is 457 g/mol. The number of nitrogens with zero attached hydrogens (tertiary/aromatic N) is 1. The molecule has 0 rings (SSSR count). The van der Waals surface area contributed by atoms with Crippen LogP contribution in [0.15, 0.2) is 12.2 Å². The summed E-state index contributed by atoms with van der Waals surface area (Å²) in [5.74, 6) is 0. The highest BCUT2D eigenvalue weighted by Crippen LogP contribution is 2.44. The van der Waals surface area contributed by atoms with Crippen molar-refractivity contribution in [3.05, 3.63) is 12.2 Å². The Morgan fingerprint density at radius 1 is 0.677 bits per heavy atom. The van der Waals surface area contributed by atoms with Crippen molar-refractivity contribution in [2.24, 2.45) is 0 Å². The molecule has 0 saturated carbocycles. The van der Waals surface area contributed by atoms with Crippen LogP contribution in [0.5, 0.6) is 0 Å². The second-order valence-electron chi connectivity index (χ2n) is 10.4. The normalized spacial score (nSPS) is 14.8. The minimum Gasteiger partial charge on any atom is -0.590 e. The van der Waals surface area contributed by atoms with Crippen LogP contribution >= 0.6 is 8.03 Å². The molecule has 2 unspecified atom stereocenters. The maximum atomic E-state index is 11.9. The van der Waals surface area contributed by atoms with Crippen LogP contribution in [-0.2, 0) is 4.57 Å². The third-order valence-corrected chi connectivity index (χ3v) is 8.79. The summed E-state index contributed by atoms with van der Waals surface area (Å²) in [6.07, 6.45) is 28.6. The van der Waals surface area contributed by atoms with Crippen molar-refractivity contribution in [2.75, 3.05) is 21.1 Å². The summed E-state index contributed by atoms with van der Waals surface area (Å²) < 4.78 is 12.5. The van der Waals surface area contributed by atoms with Gasteiger partial charge in [-0.05, 0) is 25.7 Å². The van der Waals surface area contributed by atoms with Crippen molar-refractivity contribution in [3.63, 3.8) is 0 Å². The highest BCUT2D eigenvalue weighted by atomic mass is 31.1. The lowest BCUT2D eigenvalue weighted by Crippen LogP contribution is -2.55. The number of allylic oxidation sites excluding steroid dienone is 2. The van der Waals surface area contributed by atoms with E-state index < -0.39 is 13.3 Å². The fraction of sp³-hybridized carbons (Fsp3) is 0.926. The van der Waals surface area contributed by atoms with E-state index in [0.717, 1.165) is 12.8 Å². The van der Waals surface area contributed by atoms with Gasteiger partial charge in [0.2, 0.25) is 0 Å². The number of hydrogen-bond acceptors (Lipinski definition) is 2. The number of unbranched alkanes of at least 4 members (excludes halogenated alkanes) is 15. The van der Waals surface area contributed by atoms with Crippen molar-refractivity contribution >= 4 is 8.03 Å². The SMILES string of the molecule is CCC/C=C\CCCCCCCCCCCCCCCCC(CC)([P+](=O)[O-])[N+](C)(C)C. The summed E-state index contributed by atoms with van der Waals surface area (Å²) in [5.41, 5.74) is 0. The molecular formula is C27H55NO2P+. The largest absolute Gasteiger partial charge is 0.590 e. The molecule has 0 N–H and O–H groups in total. The summed E-state index contributed by atoms with van der Waals surface area (Å²) >= 11 is 0. The van der Waals surface area contributed by atoms with Crippen LogP contribution in [-0.4, -0.2) is 30.9 Å². The first-order valence-electron chi connectivity index (χ1n) is 13.4. The quantitative estimate of drug-likeness (QED) is 0.0709. The van der Waals surface area contributed by atoms with Crippen LogP contribution in [0, 0.1) is 0 Å². The number of quaternary nitrogens is 1. The topological polar surface area (TPSA) is 40.1 Å². The van der Waals surface area contributed by atoms with Crippen molar-refractivity contribution in [2.45, 2.75) is 141 Å². The molecule has 0 radical (unpaired) electrons.